The molecule has 0 fully saturated rings. The van der Waals surface area contributed by atoms with E-state index in [-0.39, 0.29) is 24.0 Å². The number of nitrogens with one attached hydrogen (secondary N) is 2. The van der Waals surface area contributed by atoms with E-state index in [0.717, 1.165) is 31.4 Å². The predicted molar refractivity (Wildman–Crippen MR) is 108 cm³/mol. The fourth-order valence-corrected chi connectivity index (χ4v) is 2.45. The fourth-order valence-electron chi connectivity index (χ4n) is 1.68. The molecule has 0 heterocycles. The van der Waals surface area contributed by atoms with Crippen LogP contribution in [0.5, 0.6) is 0 Å². The molecule has 4 nitrogen and oxygen atoms in total. The van der Waals surface area contributed by atoms with Gasteiger partial charge >= 0.3 is 0 Å². The number of aliphatic imine (C=N–C) groups is 1. The first kappa shape index (κ1) is 21.5. The minimum Gasteiger partial charge on any atom is -0.380 e. The summed E-state index contributed by atoms with van der Waals surface area (Å²) >= 11 is 1.85. The highest BCUT2D eigenvalue weighted by atomic mass is 127. The van der Waals surface area contributed by atoms with Crippen molar-refractivity contribution in [3.8, 4) is 0 Å². The average molecular weight is 437 g/mol. The second kappa shape index (κ2) is 14.1. The third kappa shape index (κ3) is 10.3. The average Bonchev–Trinajstić information content (AvgIpc) is 2.49. The Hall–Kier alpha value is -0.470. The van der Waals surface area contributed by atoms with E-state index in [1.165, 1.54) is 10.5 Å². The molecule has 1 aromatic carbocycles. The Labute approximate surface area is 155 Å². The number of benzene rings is 1. The second-order valence-corrected chi connectivity index (χ2v) is 5.71. The molecular weight excluding hydrogens is 409 g/mol. The summed E-state index contributed by atoms with van der Waals surface area (Å²) in [4.78, 5) is 5.77. The normalized spacial score (nSPS) is 11.0. The number of rotatable bonds is 9. The summed E-state index contributed by atoms with van der Waals surface area (Å²) in [5, 5.41) is 6.58. The molecular formula is C16H28IN3OS. The first-order valence-corrected chi connectivity index (χ1v) is 8.54. The van der Waals surface area contributed by atoms with Crippen molar-refractivity contribution in [2.24, 2.45) is 4.99 Å². The van der Waals surface area contributed by atoms with Crippen molar-refractivity contribution in [3.05, 3.63) is 29.8 Å². The molecule has 0 saturated heterocycles. The lowest BCUT2D eigenvalue weighted by molar-refractivity contribution is 0.155. The van der Waals surface area contributed by atoms with Crippen LogP contribution in [0.15, 0.2) is 34.2 Å². The van der Waals surface area contributed by atoms with Crippen LogP contribution in [0.2, 0.25) is 0 Å². The monoisotopic (exact) mass is 437 g/mol. The molecule has 6 heteroatoms. The predicted octanol–water partition coefficient (Wildman–Crippen LogP) is 3.30. The molecule has 0 amide bonds. The zero-order valence-electron chi connectivity index (χ0n) is 13.7. The molecule has 0 atom stereocenters. The van der Waals surface area contributed by atoms with Gasteiger partial charge in [0.2, 0.25) is 0 Å². The summed E-state index contributed by atoms with van der Waals surface area (Å²) in [5.41, 5.74) is 1.30. The summed E-state index contributed by atoms with van der Waals surface area (Å²) in [7, 11) is 0. The van der Waals surface area contributed by atoms with Crippen LogP contribution < -0.4 is 10.6 Å². The molecule has 126 valence electrons. The van der Waals surface area contributed by atoms with Gasteiger partial charge in [-0.1, -0.05) is 17.7 Å². The number of hydrogen-bond acceptors (Lipinski definition) is 3. The van der Waals surface area contributed by atoms with Crippen LogP contribution in [0.25, 0.3) is 0 Å². The zero-order chi connectivity index (χ0) is 15.3. The van der Waals surface area contributed by atoms with Gasteiger partial charge in [-0.2, -0.15) is 0 Å². The van der Waals surface area contributed by atoms with Crippen LogP contribution in [0.1, 0.15) is 19.4 Å². The van der Waals surface area contributed by atoms with Gasteiger partial charge in [-0.3, -0.25) is 4.99 Å². The fraction of sp³-hybridized carbons (Fsp3) is 0.562. The van der Waals surface area contributed by atoms with E-state index in [4.69, 9.17) is 4.74 Å². The minimum atomic E-state index is 0. The van der Waals surface area contributed by atoms with Crippen LogP contribution in [0.4, 0.5) is 0 Å². The maximum atomic E-state index is 5.29. The van der Waals surface area contributed by atoms with Crippen molar-refractivity contribution < 1.29 is 4.74 Å². The molecule has 0 aliphatic carbocycles. The van der Waals surface area contributed by atoms with E-state index in [2.05, 4.69) is 53.7 Å². The van der Waals surface area contributed by atoms with Gasteiger partial charge in [0, 0.05) is 30.3 Å². The molecule has 0 aliphatic rings. The summed E-state index contributed by atoms with van der Waals surface area (Å²) in [5.74, 6) is 1.88. The second-order valence-electron chi connectivity index (χ2n) is 4.55. The molecule has 1 rings (SSSR count). The van der Waals surface area contributed by atoms with Gasteiger partial charge < -0.3 is 15.4 Å². The van der Waals surface area contributed by atoms with Crippen LogP contribution in [-0.2, 0) is 4.74 Å². The third-order valence-electron chi connectivity index (χ3n) is 2.74. The number of guanidine groups is 1. The summed E-state index contributed by atoms with van der Waals surface area (Å²) in [6, 6.07) is 8.63. The van der Waals surface area contributed by atoms with E-state index >= 15 is 0 Å². The lowest BCUT2D eigenvalue weighted by Crippen LogP contribution is -2.38. The molecule has 0 saturated carbocycles. The molecule has 1 aromatic rings. The number of hydrogen-bond donors (Lipinski definition) is 2. The Morgan fingerprint density at radius 3 is 2.55 bits per heavy atom. The lowest BCUT2D eigenvalue weighted by atomic mass is 10.2. The molecule has 22 heavy (non-hydrogen) atoms. The van der Waals surface area contributed by atoms with Gasteiger partial charge in [0.05, 0.1) is 13.2 Å². The van der Waals surface area contributed by atoms with Gasteiger partial charge in [-0.25, -0.2) is 0 Å². The molecule has 0 spiro atoms. The quantitative estimate of drug-likeness (QED) is 0.205. The van der Waals surface area contributed by atoms with Crippen molar-refractivity contribution in [2.75, 3.05) is 38.6 Å². The molecule has 0 bridgehead atoms. The number of nitrogens with zero attached hydrogens (tertiary/aromatic N) is 1. The Balaban J connectivity index is 0.00000441. The van der Waals surface area contributed by atoms with Gasteiger partial charge in [0.25, 0.3) is 0 Å². The minimum absolute atomic E-state index is 0. The topological polar surface area (TPSA) is 45.7 Å². The van der Waals surface area contributed by atoms with Crippen molar-refractivity contribution >= 4 is 41.7 Å². The number of halogens is 1. The maximum Gasteiger partial charge on any atom is 0.191 e. The zero-order valence-corrected chi connectivity index (χ0v) is 16.9. The number of aryl methyl sites for hydroxylation is 1. The standard InChI is InChI=1S/C16H27N3OS.HI/c1-4-17-16(18-10-12-20-5-2)19-11-13-21-15-8-6-14(3)7-9-15;/h6-9H,4-5,10-13H2,1-3H3,(H2,17,18,19);1H. The maximum absolute atomic E-state index is 5.29. The Bertz CT molecular complexity index is 412. The van der Waals surface area contributed by atoms with E-state index in [0.29, 0.717) is 13.2 Å². The summed E-state index contributed by atoms with van der Waals surface area (Å²) in [6.07, 6.45) is 0. The van der Waals surface area contributed by atoms with Crippen LogP contribution >= 0.6 is 35.7 Å². The largest absolute Gasteiger partial charge is 0.380 e. The third-order valence-corrected chi connectivity index (χ3v) is 3.75. The summed E-state index contributed by atoms with van der Waals surface area (Å²) < 4.78 is 5.29. The van der Waals surface area contributed by atoms with E-state index in [1.54, 1.807) is 0 Å². The first-order chi connectivity index (χ1) is 10.3. The smallest absolute Gasteiger partial charge is 0.191 e. The molecule has 0 aliphatic heterocycles. The van der Waals surface area contributed by atoms with Crippen molar-refractivity contribution in [1.82, 2.24) is 10.6 Å². The number of thioether (sulfide) groups is 1. The van der Waals surface area contributed by atoms with Gasteiger partial charge in [0.1, 0.15) is 0 Å². The number of ether oxygens (including phenoxy) is 1. The highest BCUT2D eigenvalue weighted by Crippen LogP contribution is 2.17. The van der Waals surface area contributed by atoms with Crippen molar-refractivity contribution in [2.45, 2.75) is 25.7 Å². The van der Waals surface area contributed by atoms with E-state index in [1.807, 2.05) is 18.7 Å². The van der Waals surface area contributed by atoms with Gasteiger partial charge in [-0.05, 0) is 32.9 Å². The Morgan fingerprint density at radius 2 is 1.91 bits per heavy atom. The van der Waals surface area contributed by atoms with Gasteiger partial charge in [-0.15, -0.1) is 35.7 Å². The Morgan fingerprint density at radius 1 is 1.18 bits per heavy atom. The van der Waals surface area contributed by atoms with Crippen molar-refractivity contribution in [3.63, 3.8) is 0 Å². The van der Waals surface area contributed by atoms with E-state index in [9.17, 15) is 0 Å². The van der Waals surface area contributed by atoms with Gasteiger partial charge in [0.15, 0.2) is 5.96 Å². The highest BCUT2D eigenvalue weighted by Gasteiger charge is 1.97. The first-order valence-electron chi connectivity index (χ1n) is 7.55. The van der Waals surface area contributed by atoms with Crippen LogP contribution in [-0.4, -0.2) is 44.6 Å². The molecule has 0 unspecified atom stereocenters. The van der Waals surface area contributed by atoms with Crippen LogP contribution in [0.3, 0.4) is 0 Å². The molecule has 2 N–H and O–H groups in total. The molecule has 0 radical (unpaired) electrons. The van der Waals surface area contributed by atoms with Crippen molar-refractivity contribution in [1.29, 1.82) is 0 Å². The molecule has 0 aromatic heterocycles. The lowest BCUT2D eigenvalue weighted by Gasteiger charge is -2.11. The van der Waals surface area contributed by atoms with E-state index < -0.39 is 0 Å². The SMILES string of the molecule is CCNC(=NCCOCC)NCCSc1ccc(C)cc1.I. The van der Waals surface area contributed by atoms with Crippen LogP contribution in [0, 0.1) is 6.92 Å². The Kier molecular flexibility index (Phi) is 13.8. The highest BCUT2D eigenvalue weighted by molar-refractivity contribution is 14.0. The summed E-state index contributed by atoms with van der Waals surface area (Å²) in [6.45, 7) is 10.0.